The summed E-state index contributed by atoms with van der Waals surface area (Å²) in [7, 11) is 0. The number of rotatable bonds is 3. The number of alkyl halides is 1. The van der Waals surface area contributed by atoms with E-state index in [4.69, 9.17) is 16.3 Å². The smallest absolute Gasteiger partial charge is 0.328 e. The van der Waals surface area contributed by atoms with Crippen LogP contribution in [-0.4, -0.2) is 12.1 Å². The second-order valence-corrected chi connectivity index (χ2v) is 4.91. The van der Waals surface area contributed by atoms with Gasteiger partial charge in [0.05, 0.1) is 0 Å². The summed E-state index contributed by atoms with van der Waals surface area (Å²) in [6.07, 6.45) is 5.57. The van der Waals surface area contributed by atoms with E-state index in [-0.39, 0.29) is 12.1 Å². The maximum atomic E-state index is 11.9. The molecule has 0 aliphatic heterocycles. The van der Waals surface area contributed by atoms with Gasteiger partial charge in [0.2, 0.25) is 0 Å². The van der Waals surface area contributed by atoms with Crippen LogP contribution in [-0.2, 0) is 9.53 Å². The van der Waals surface area contributed by atoms with Crippen molar-refractivity contribution in [2.75, 3.05) is 0 Å². The van der Waals surface area contributed by atoms with Crippen molar-refractivity contribution in [2.45, 2.75) is 43.6 Å². The molecule has 0 aromatic heterocycles. The van der Waals surface area contributed by atoms with Gasteiger partial charge in [0.1, 0.15) is 6.10 Å². The van der Waals surface area contributed by atoms with Gasteiger partial charge in [0, 0.05) is 0 Å². The molecule has 2 nitrogen and oxygen atoms in total. The lowest BCUT2D eigenvalue weighted by Crippen LogP contribution is -2.23. The zero-order valence-electron chi connectivity index (χ0n) is 9.77. The molecule has 1 atom stereocenters. The van der Waals surface area contributed by atoms with Gasteiger partial charge in [-0.3, -0.25) is 4.79 Å². The molecule has 0 spiro atoms. The highest BCUT2D eigenvalue weighted by molar-refractivity contribution is 6.29. The highest BCUT2D eigenvalue weighted by Gasteiger charge is 2.24. The molecule has 0 heterocycles. The fraction of sp³-hybridized carbons (Fsp3) is 0.500. The Morgan fingerprint density at radius 2 is 1.82 bits per heavy atom. The Hall–Kier alpha value is -1.02. The molecule has 1 aromatic rings. The highest BCUT2D eigenvalue weighted by Crippen LogP contribution is 2.26. The molecule has 0 bridgehead atoms. The van der Waals surface area contributed by atoms with Crippen LogP contribution in [0.3, 0.4) is 0 Å². The zero-order chi connectivity index (χ0) is 12.1. The fourth-order valence-corrected chi connectivity index (χ4v) is 2.36. The van der Waals surface area contributed by atoms with E-state index >= 15 is 0 Å². The Labute approximate surface area is 107 Å². The SMILES string of the molecule is O=C(OC1CCCCC1)[C@H](Cl)c1ccccc1. The Balaban J connectivity index is 1.91. The van der Waals surface area contributed by atoms with E-state index < -0.39 is 5.38 Å². The van der Waals surface area contributed by atoms with Crippen molar-refractivity contribution < 1.29 is 9.53 Å². The summed E-state index contributed by atoms with van der Waals surface area (Å²) in [5.74, 6) is -0.315. The third-order valence-corrected chi connectivity index (χ3v) is 3.56. The van der Waals surface area contributed by atoms with E-state index in [1.165, 1.54) is 6.42 Å². The number of hydrogen-bond donors (Lipinski definition) is 0. The standard InChI is InChI=1S/C14H17ClO2/c15-13(11-7-3-1-4-8-11)14(16)17-12-9-5-2-6-10-12/h1,3-4,7-8,12-13H,2,5-6,9-10H2/t13-/m1/s1. The van der Waals surface area contributed by atoms with Crippen molar-refractivity contribution in [1.82, 2.24) is 0 Å². The maximum absolute atomic E-state index is 11.9. The van der Waals surface area contributed by atoms with Crippen molar-refractivity contribution >= 4 is 17.6 Å². The average Bonchev–Trinajstić information content (AvgIpc) is 2.40. The van der Waals surface area contributed by atoms with Gasteiger partial charge < -0.3 is 4.74 Å². The number of hydrogen-bond acceptors (Lipinski definition) is 2. The van der Waals surface area contributed by atoms with Gasteiger partial charge in [-0.15, -0.1) is 11.6 Å². The average molecular weight is 253 g/mol. The molecule has 17 heavy (non-hydrogen) atoms. The van der Waals surface area contributed by atoms with Crippen LogP contribution in [0.4, 0.5) is 0 Å². The number of ether oxygens (including phenoxy) is 1. The molecule has 2 rings (SSSR count). The third kappa shape index (κ3) is 3.47. The Bertz CT molecular complexity index is 358. The number of carbonyl (C=O) groups is 1. The van der Waals surface area contributed by atoms with Crippen LogP contribution in [0.25, 0.3) is 0 Å². The summed E-state index contributed by atoms with van der Waals surface area (Å²) in [4.78, 5) is 11.9. The highest BCUT2D eigenvalue weighted by atomic mass is 35.5. The summed E-state index contributed by atoms with van der Waals surface area (Å²) >= 11 is 6.10. The summed E-state index contributed by atoms with van der Waals surface area (Å²) in [6, 6.07) is 9.34. The molecule has 0 amide bonds. The zero-order valence-corrected chi connectivity index (χ0v) is 10.5. The Morgan fingerprint density at radius 3 is 2.47 bits per heavy atom. The summed E-state index contributed by atoms with van der Waals surface area (Å²) < 4.78 is 5.44. The van der Waals surface area contributed by atoms with Crippen molar-refractivity contribution in [1.29, 1.82) is 0 Å². The number of halogens is 1. The van der Waals surface area contributed by atoms with E-state index in [1.54, 1.807) is 0 Å². The predicted molar refractivity (Wildman–Crippen MR) is 68.0 cm³/mol. The number of carbonyl (C=O) groups excluding carboxylic acids is 1. The quantitative estimate of drug-likeness (QED) is 0.604. The maximum Gasteiger partial charge on any atom is 0.328 e. The molecule has 1 aliphatic rings. The molecule has 0 unspecified atom stereocenters. The summed E-state index contributed by atoms with van der Waals surface area (Å²) in [6.45, 7) is 0. The molecule has 3 heteroatoms. The van der Waals surface area contributed by atoms with Crippen LogP contribution in [0.5, 0.6) is 0 Å². The minimum atomic E-state index is -0.682. The molecule has 92 valence electrons. The second kappa shape index (κ2) is 6.06. The van der Waals surface area contributed by atoms with E-state index in [2.05, 4.69) is 0 Å². The van der Waals surface area contributed by atoms with Crippen LogP contribution >= 0.6 is 11.6 Å². The van der Waals surface area contributed by atoms with Crippen LogP contribution in [0.2, 0.25) is 0 Å². The van der Waals surface area contributed by atoms with Gasteiger partial charge in [-0.2, -0.15) is 0 Å². The molecule has 1 aliphatic carbocycles. The van der Waals surface area contributed by atoms with E-state index in [9.17, 15) is 4.79 Å². The monoisotopic (exact) mass is 252 g/mol. The Kier molecular flexibility index (Phi) is 4.43. The van der Waals surface area contributed by atoms with Gasteiger partial charge in [-0.1, -0.05) is 36.8 Å². The minimum absolute atomic E-state index is 0.0706. The molecule has 0 N–H and O–H groups in total. The van der Waals surface area contributed by atoms with Crippen LogP contribution < -0.4 is 0 Å². The van der Waals surface area contributed by atoms with Crippen molar-refractivity contribution in [3.8, 4) is 0 Å². The van der Waals surface area contributed by atoms with Crippen molar-refractivity contribution in [2.24, 2.45) is 0 Å². The van der Waals surface area contributed by atoms with Crippen LogP contribution in [0, 0.1) is 0 Å². The van der Waals surface area contributed by atoms with E-state index in [0.29, 0.717) is 0 Å². The molecule has 1 fully saturated rings. The predicted octanol–water partition coefficient (Wildman–Crippen LogP) is 3.84. The molecule has 0 saturated heterocycles. The molecular formula is C14H17ClO2. The minimum Gasteiger partial charge on any atom is -0.461 e. The van der Waals surface area contributed by atoms with Gasteiger partial charge in [-0.05, 0) is 31.2 Å². The molecule has 1 aromatic carbocycles. The van der Waals surface area contributed by atoms with Crippen LogP contribution in [0.1, 0.15) is 43.0 Å². The van der Waals surface area contributed by atoms with E-state index in [0.717, 1.165) is 31.2 Å². The lowest BCUT2D eigenvalue weighted by atomic mass is 9.98. The first-order valence-corrected chi connectivity index (χ1v) is 6.60. The molecular weight excluding hydrogens is 236 g/mol. The van der Waals surface area contributed by atoms with Gasteiger partial charge in [0.25, 0.3) is 0 Å². The molecule has 0 radical (unpaired) electrons. The lowest BCUT2D eigenvalue weighted by molar-refractivity contribution is -0.150. The first-order chi connectivity index (χ1) is 8.27. The molecule has 1 saturated carbocycles. The second-order valence-electron chi connectivity index (χ2n) is 4.47. The lowest BCUT2D eigenvalue weighted by Gasteiger charge is -2.23. The van der Waals surface area contributed by atoms with Gasteiger partial charge in [0.15, 0.2) is 5.38 Å². The topological polar surface area (TPSA) is 26.3 Å². The summed E-state index contributed by atoms with van der Waals surface area (Å²) in [5, 5.41) is -0.682. The Morgan fingerprint density at radius 1 is 1.18 bits per heavy atom. The number of esters is 1. The first kappa shape index (κ1) is 12.4. The van der Waals surface area contributed by atoms with Crippen LogP contribution in [0.15, 0.2) is 30.3 Å². The fourth-order valence-electron chi connectivity index (χ4n) is 2.17. The summed E-state index contributed by atoms with van der Waals surface area (Å²) in [5.41, 5.74) is 0.801. The van der Waals surface area contributed by atoms with E-state index in [1.807, 2.05) is 30.3 Å². The largest absolute Gasteiger partial charge is 0.461 e. The van der Waals surface area contributed by atoms with Gasteiger partial charge >= 0.3 is 5.97 Å². The van der Waals surface area contributed by atoms with Gasteiger partial charge in [-0.25, -0.2) is 0 Å². The van der Waals surface area contributed by atoms with Crippen molar-refractivity contribution in [3.05, 3.63) is 35.9 Å². The normalized spacial score (nSPS) is 18.6. The van der Waals surface area contributed by atoms with Crippen molar-refractivity contribution in [3.63, 3.8) is 0 Å². The third-order valence-electron chi connectivity index (χ3n) is 3.13. The number of benzene rings is 1. The first-order valence-electron chi connectivity index (χ1n) is 6.17.